The van der Waals surface area contributed by atoms with E-state index < -0.39 is 0 Å². The molecule has 1 aromatic heterocycles. The highest BCUT2D eigenvalue weighted by Crippen LogP contribution is 2.21. The first-order valence-corrected chi connectivity index (χ1v) is 4.12. The normalized spacial score (nSPS) is 9.71. The molecular formula is C12H7FO. The summed E-state index contributed by atoms with van der Waals surface area (Å²) in [6.45, 7) is 0. The summed E-state index contributed by atoms with van der Waals surface area (Å²) in [7, 11) is 0. The van der Waals surface area contributed by atoms with Crippen molar-refractivity contribution in [3.05, 3.63) is 48.0 Å². The maximum Gasteiger partial charge on any atom is 0.177 e. The minimum absolute atomic E-state index is 0.266. The van der Waals surface area contributed by atoms with Gasteiger partial charge in [-0.05, 0) is 42.3 Å². The molecule has 0 unspecified atom stereocenters. The maximum atomic E-state index is 12.6. The minimum atomic E-state index is -0.266. The summed E-state index contributed by atoms with van der Waals surface area (Å²) in [6, 6.07) is 9.53. The molecule has 0 radical (unpaired) electrons. The van der Waals surface area contributed by atoms with E-state index in [9.17, 15) is 4.39 Å². The summed E-state index contributed by atoms with van der Waals surface area (Å²) < 4.78 is 17.9. The van der Waals surface area contributed by atoms with Gasteiger partial charge in [-0.3, -0.25) is 0 Å². The maximum absolute atomic E-state index is 12.6. The predicted octanol–water partition coefficient (Wildman–Crippen LogP) is 3.07. The first-order valence-electron chi connectivity index (χ1n) is 4.12. The Morgan fingerprint density at radius 3 is 2.36 bits per heavy atom. The molecule has 1 aromatic carbocycles. The van der Waals surface area contributed by atoms with Crippen LogP contribution in [-0.2, 0) is 0 Å². The Morgan fingerprint density at radius 2 is 1.79 bits per heavy atom. The number of terminal acetylenes is 1. The summed E-state index contributed by atoms with van der Waals surface area (Å²) in [6.07, 6.45) is 5.16. The van der Waals surface area contributed by atoms with Crippen LogP contribution in [0.4, 0.5) is 4.39 Å². The zero-order valence-corrected chi connectivity index (χ0v) is 7.33. The van der Waals surface area contributed by atoms with Gasteiger partial charge < -0.3 is 4.42 Å². The summed E-state index contributed by atoms with van der Waals surface area (Å²) in [5.74, 6) is 3.25. The molecule has 1 heterocycles. The van der Waals surface area contributed by atoms with Gasteiger partial charge in [0, 0.05) is 5.56 Å². The number of benzene rings is 1. The molecule has 2 rings (SSSR count). The summed E-state index contributed by atoms with van der Waals surface area (Å²) >= 11 is 0. The van der Waals surface area contributed by atoms with Crippen molar-refractivity contribution in [3.63, 3.8) is 0 Å². The highest BCUT2D eigenvalue weighted by Gasteiger charge is 2.02. The van der Waals surface area contributed by atoms with Crippen molar-refractivity contribution in [2.24, 2.45) is 0 Å². The van der Waals surface area contributed by atoms with Gasteiger partial charge in [-0.25, -0.2) is 4.39 Å². The topological polar surface area (TPSA) is 13.1 Å². The minimum Gasteiger partial charge on any atom is -0.448 e. The zero-order valence-electron chi connectivity index (χ0n) is 7.33. The van der Waals surface area contributed by atoms with E-state index in [2.05, 4.69) is 5.92 Å². The number of hydrogen-bond acceptors (Lipinski definition) is 1. The van der Waals surface area contributed by atoms with E-state index in [0.29, 0.717) is 11.5 Å². The van der Waals surface area contributed by atoms with Crippen LogP contribution >= 0.6 is 0 Å². The van der Waals surface area contributed by atoms with Crippen molar-refractivity contribution < 1.29 is 8.81 Å². The SMILES string of the molecule is C#Cc1ccc(-c2ccc(F)cc2)o1. The molecular weight excluding hydrogens is 179 g/mol. The molecule has 0 amide bonds. The van der Waals surface area contributed by atoms with Crippen LogP contribution in [0.3, 0.4) is 0 Å². The first-order chi connectivity index (χ1) is 6.79. The highest BCUT2D eigenvalue weighted by molar-refractivity contribution is 5.57. The summed E-state index contributed by atoms with van der Waals surface area (Å²) in [5, 5.41) is 0. The molecule has 0 aliphatic heterocycles. The number of rotatable bonds is 1. The fourth-order valence-electron chi connectivity index (χ4n) is 1.18. The molecule has 0 fully saturated rings. The van der Waals surface area contributed by atoms with Crippen LogP contribution in [0.25, 0.3) is 11.3 Å². The van der Waals surface area contributed by atoms with Crippen LogP contribution in [-0.4, -0.2) is 0 Å². The molecule has 0 aliphatic carbocycles. The summed E-state index contributed by atoms with van der Waals surface area (Å²) in [4.78, 5) is 0. The first kappa shape index (κ1) is 8.58. The second-order valence-electron chi connectivity index (χ2n) is 2.82. The molecule has 1 nitrogen and oxygen atoms in total. The van der Waals surface area contributed by atoms with Crippen molar-refractivity contribution >= 4 is 0 Å². The van der Waals surface area contributed by atoms with E-state index in [1.165, 1.54) is 12.1 Å². The van der Waals surface area contributed by atoms with E-state index in [0.717, 1.165) is 5.56 Å². The number of hydrogen-bond donors (Lipinski definition) is 0. The van der Waals surface area contributed by atoms with Crippen molar-refractivity contribution in [2.45, 2.75) is 0 Å². The molecule has 2 aromatic rings. The molecule has 0 atom stereocenters. The van der Waals surface area contributed by atoms with Crippen LogP contribution in [0.1, 0.15) is 5.76 Å². The van der Waals surface area contributed by atoms with E-state index >= 15 is 0 Å². The van der Waals surface area contributed by atoms with Gasteiger partial charge in [0.25, 0.3) is 0 Å². The van der Waals surface area contributed by atoms with Gasteiger partial charge in [0.1, 0.15) is 11.6 Å². The third-order valence-electron chi connectivity index (χ3n) is 1.88. The van der Waals surface area contributed by atoms with E-state index in [1.807, 2.05) is 0 Å². The Bertz CT molecular complexity index is 474. The lowest BCUT2D eigenvalue weighted by atomic mass is 10.2. The highest BCUT2D eigenvalue weighted by atomic mass is 19.1. The second-order valence-corrected chi connectivity index (χ2v) is 2.82. The molecule has 0 saturated heterocycles. The van der Waals surface area contributed by atoms with Crippen LogP contribution in [0.15, 0.2) is 40.8 Å². The Balaban J connectivity index is 2.40. The molecule has 0 saturated carbocycles. The van der Waals surface area contributed by atoms with Gasteiger partial charge in [-0.15, -0.1) is 6.42 Å². The van der Waals surface area contributed by atoms with Crippen LogP contribution in [0.2, 0.25) is 0 Å². The van der Waals surface area contributed by atoms with E-state index in [4.69, 9.17) is 10.8 Å². The molecule has 0 bridgehead atoms. The van der Waals surface area contributed by atoms with Crippen molar-refractivity contribution in [1.82, 2.24) is 0 Å². The van der Waals surface area contributed by atoms with E-state index in [-0.39, 0.29) is 5.82 Å². The monoisotopic (exact) mass is 186 g/mol. The average Bonchev–Trinajstić information content (AvgIpc) is 2.67. The van der Waals surface area contributed by atoms with Crippen molar-refractivity contribution in [1.29, 1.82) is 0 Å². The van der Waals surface area contributed by atoms with Gasteiger partial charge in [0.05, 0.1) is 0 Å². The zero-order chi connectivity index (χ0) is 9.97. The second kappa shape index (κ2) is 3.39. The molecule has 2 heteroatoms. The van der Waals surface area contributed by atoms with Gasteiger partial charge in [-0.1, -0.05) is 0 Å². The van der Waals surface area contributed by atoms with Gasteiger partial charge in [0.15, 0.2) is 5.76 Å². The smallest absolute Gasteiger partial charge is 0.177 e. The van der Waals surface area contributed by atoms with Crippen molar-refractivity contribution in [3.8, 4) is 23.7 Å². The van der Waals surface area contributed by atoms with Crippen LogP contribution < -0.4 is 0 Å². The van der Waals surface area contributed by atoms with Crippen LogP contribution in [0, 0.1) is 18.2 Å². The lowest BCUT2D eigenvalue weighted by Crippen LogP contribution is -1.75. The summed E-state index contributed by atoms with van der Waals surface area (Å²) in [5.41, 5.74) is 0.813. The lowest BCUT2D eigenvalue weighted by Gasteiger charge is -1.95. The Morgan fingerprint density at radius 1 is 1.07 bits per heavy atom. The molecule has 0 aliphatic rings. The number of furan rings is 1. The molecule has 0 N–H and O–H groups in total. The standard InChI is InChI=1S/C12H7FO/c1-2-11-7-8-12(14-11)9-3-5-10(13)6-4-9/h1,3-8H. The van der Waals surface area contributed by atoms with Crippen LogP contribution in [0.5, 0.6) is 0 Å². The fraction of sp³-hybridized carbons (Fsp3) is 0. The molecule has 68 valence electrons. The third-order valence-corrected chi connectivity index (χ3v) is 1.88. The lowest BCUT2D eigenvalue weighted by molar-refractivity contribution is 0.569. The number of halogens is 1. The third kappa shape index (κ3) is 1.53. The Hall–Kier alpha value is -2.01. The quantitative estimate of drug-likeness (QED) is 0.624. The van der Waals surface area contributed by atoms with Gasteiger partial charge in [-0.2, -0.15) is 0 Å². The van der Waals surface area contributed by atoms with Gasteiger partial charge in [0.2, 0.25) is 0 Å². The molecule has 0 spiro atoms. The Kier molecular flexibility index (Phi) is 2.08. The molecule has 14 heavy (non-hydrogen) atoms. The fourth-order valence-corrected chi connectivity index (χ4v) is 1.18. The van der Waals surface area contributed by atoms with Crippen molar-refractivity contribution in [2.75, 3.05) is 0 Å². The largest absolute Gasteiger partial charge is 0.448 e. The Labute approximate surface area is 81.2 Å². The van der Waals surface area contributed by atoms with Gasteiger partial charge >= 0.3 is 0 Å². The average molecular weight is 186 g/mol. The predicted molar refractivity (Wildman–Crippen MR) is 52.0 cm³/mol. The van der Waals surface area contributed by atoms with E-state index in [1.54, 1.807) is 24.3 Å².